The Bertz CT molecular complexity index is 737. The van der Waals surface area contributed by atoms with E-state index in [0.29, 0.717) is 12.4 Å². The highest BCUT2D eigenvalue weighted by Gasteiger charge is 2.13. The number of aromatic nitrogens is 4. The number of rotatable bonds is 6. The van der Waals surface area contributed by atoms with E-state index >= 15 is 0 Å². The van der Waals surface area contributed by atoms with Gasteiger partial charge in [0.25, 0.3) is 0 Å². The molecule has 1 amide bonds. The second kappa shape index (κ2) is 7.15. The summed E-state index contributed by atoms with van der Waals surface area (Å²) in [5.74, 6) is 0.595. The minimum absolute atomic E-state index is 0.0350. The lowest BCUT2D eigenvalue weighted by atomic mass is 10.1. The first-order valence-corrected chi connectivity index (χ1v) is 8.23. The SMILES string of the molecule is CC(Cc1cccs1)C(=O)NCc1ccc(-c2nn[nH]n2)cc1. The summed E-state index contributed by atoms with van der Waals surface area (Å²) < 4.78 is 0. The lowest BCUT2D eigenvalue weighted by Gasteiger charge is -2.11. The molecule has 0 radical (unpaired) electrons. The smallest absolute Gasteiger partial charge is 0.223 e. The number of amides is 1. The summed E-state index contributed by atoms with van der Waals surface area (Å²) in [4.78, 5) is 13.4. The zero-order valence-corrected chi connectivity index (χ0v) is 13.5. The van der Waals surface area contributed by atoms with E-state index in [0.717, 1.165) is 17.5 Å². The quantitative estimate of drug-likeness (QED) is 0.728. The number of aromatic amines is 1. The minimum Gasteiger partial charge on any atom is -0.352 e. The van der Waals surface area contributed by atoms with Gasteiger partial charge in [0.15, 0.2) is 0 Å². The van der Waals surface area contributed by atoms with E-state index in [2.05, 4.69) is 32.0 Å². The molecule has 0 saturated carbocycles. The molecule has 0 aliphatic heterocycles. The monoisotopic (exact) mass is 327 g/mol. The van der Waals surface area contributed by atoms with Crippen LogP contribution in [0.4, 0.5) is 0 Å². The van der Waals surface area contributed by atoms with Gasteiger partial charge in [0, 0.05) is 22.9 Å². The third-order valence-corrected chi connectivity index (χ3v) is 4.46. The van der Waals surface area contributed by atoms with Crippen LogP contribution in [0.5, 0.6) is 0 Å². The Balaban J connectivity index is 1.52. The van der Waals surface area contributed by atoms with Gasteiger partial charge in [-0.15, -0.1) is 21.5 Å². The summed E-state index contributed by atoms with van der Waals surface area (Å²) >= 11 is 1.68. The third-order valence-electron chi connectivity index (χ3n) is 3.56. The van der Waals surface area contributed by atoms with Gasteiger partial charge in [-0.05, 0) is 28.6 Å². The highest BCUT2D eigenvalue weighted by atomic mass is 32.1. The molecular formula is C16H17N5OS. The standard InChI is InChI=1S/C16H17N5OS/c1-11(9-14-3-2-8-23-14)16(22)17-10-12-4-6-13(7-5-12)15-18-20-21-19-15/h2-8,11H,9-10H2,1H3,(H,17,22)(H,18,19,20,21). The van der Waals surface area contributed by atoms with Crippen molar-refractivity contribution in [3.63, 3.8) is 0 Å². The van der Waals surface area contributed by atoms with Crippen molar-refractivity contribution in [2.24, 2.45) is 5.92 Å². The zero-order chi connectivity index (χ0) is 16.1. The maximum atomic E-state index is 12.2. The Hall–Kier alpha value is -2.54. The largest absolute Gasteiger partial charge is 0.352 e. The van der Waals surface area contributed by atoms with E-state index in [1.54, 1.807) is 11.3 Å². The molecule has 2 heterocycles. The Kier molecular flexibility index (Phi) is 4.77. The Labute approximate surface area is 137 Å². The topological polar surface area (TPSA) is 83.6 Å². The number of carbonyl (C=O) groups is 1. The van der Waals surface area contributed by atoms with Crippen molar-refractivity contribution in [1.29, 1.82) is 0 Å². The third kappa shape index (κ3) is 4.01. The van der Waals surface area contributed by atoms with Crippen LogP contribution in [0.2, 0.25) is 0 Å². The van der Waals surface area contributed by atoms with Crippen LogP contribution in [0.15, 0.2) is 41.8 Å². The number of nitrogens with zero attached hydrogens (tertiary/aromatic N) is 3. The number of benzene rings is 1. The second-order valence-corrected chi connectivity index (χ2v) is 6.37. The van der Waals surface area contributed by atoms with Crippen LogP contribution in [0.1, 0.15) is 17.4 Å². The maximum absolute atomic E-state index is 12.2. The predicted octanol–water partition coefficient (Wildman–Crippen LogP) is 2.42. The Morgan fingerprint density at radius 3 is 2.78 bits per heavy atom. The predicted molar refractivity (Wildman–Crippen MR) is 88.6 cm³/mol. The van der Waals surface area contributed by atoms with E-state index in [-0.39, 0.29) is 11.8 Å². The lowest BCUT2D eigenvalue weighted by Crippen LogP contribution is -2.29. The fraction of sp³-hybridized carbons (Fsp3) is 0.250. The first-order chi connectivity index (χ1) is 11.2. The van der Waals surface area contributed by atoms with E-state index in [1.165, 1.54) is 4.88 Å². The number of tetrazole rings is 1. The molecule has 118 valence electrons. The van der Waals surface area contributed by atoms with E-state index < -0.39 is 0 Å². The first kappa shape index (κ1) is 15.4. The Morgan fingerprint density at radius 2 is 2.13 bits per heavy atom. The average molecular weight is 327 g/mol. The highest BCUT2D eigenvalue weighted by molar-refractivity contribution is 7.09. The van der Waals surface area contributed by atoms with Gasteiger partial charge in [0.05, 0.1) is 0 Å². The fourth-order valence-corrected chi connectivity index (χ4v) is 3.08. The number of carbonyl (C=O) groups excluding carboxylic acids is 1. The molecule has 3 aromatic rings. The lowest BCUT2D eigenvalue weighted by molar-refractivity contribution is -0.124. The van der Waals surface area contributed by atoms with Gasteiger partial charge in [0.2, 0.25) is 11.7 Å². The summed E-state index contributed by atoms with van der Waals surface area (Å²) in [7, 11) is 0. The average Bonchev–Trinajstić information content (AvgIpc) is 3.26. The van der Waals surface area contributed by atoms with E-state index in [9.17, 15) is 4.79 Å². The second-order valence-electron chi connectivity index (χ2n) is 5.33. The molecule has 0 spiro atoms. The molecule has 1 aromatic carbocycles. The zero-order valence-electron chi connectivity index (χ0n) is 12.7. The molecule has 0 aliphatic rings. The van der Waals surface area contributed by atoms with Crippen LogP contribution in [0.3, 0.4) is 0 Å². The van der Waals surface area contributed by atoms with Gasteiger partial charge in [-0.2, -0.15) is 5.21 Å². The van der Waals surface area contributed by atoms with Crippen LogP contribution in [0, 0.1) is 5.92 Å². The molecule has 2 N–H and O–H groups in total. The summed E-state index contributed by atoms with van der Waals surface area (Å²) in [6.07, 6.45) is 0.778. The first-order valence-electron chi connectivity index (χ1n) is 7.35. The number of hydrogen-bond donors (Lipinski definition) is 2. The van der Waals surface area contributed by atoms with Gasteiger partial charge < -0.3 is 5.32 Å². The molecule has 23 heavy (non-hydrogen) atoms. The van der Waals surface area contributed by atoms with Crippen LogP contribution < -0.4 is 5.32 Å². The molecule has 0 saturated heterocycles. The van der Waals surface area contributed by atoms with Crippen LogP contribution in [-0.2, 0) is 17.8 Å². The molecule has 1 unspecified atom stereocenters. The number of H-pyrrole nitrogens is 1. The minimum atomic E-state index is -0.0350. The highest BCUT2D eigenvalue weighted by Crippen LogP contribution is 2.16. The normalized spacial score (nSPS) is 12.0. The number of hydrogen-bond acceptors (Lipinski definition) is 5. The molecule has 1 atom stereocenters. The molecule has 6 nitrogen and oxygen atoms in total. The van der Waals surface area contributed by atoms with Crippen LogP contribution in [-0.4, -0.2) is 26.5 Å². The van der Waals surface area contributed by atoms with Crippen LogP contribution in [0.25, 0.3) is 11.4 Å². The number of nitrogens with one attached hydrogen (secondary N) is 2. The van der Waals surface area contributed by atoms with Crippen molar-refractivity contribution in [2.75, 3.05) is 0 Å². The van der Waals surface area contributed by atoms with Crippen LogP contribution >= 0.6 is 11.3 Å². The summed E-state index contributed by atoms with van der Waals surface area (Å²) in [5, 5.41) is 18.8. The van der Waals surface area contributed by atoms with Crippen molar-refractivity contribution in [3.8, 4) is 11.4 Å². The maximum Gasteiger partial charge on any atom is 0.223 e. The summed E-state index contributed by atoms with van der Waals surface area (Å²) in [6.45, 7) is 2.47. The molecule has 2 aromatic heterocycles. The molecule has 7 heteroatoms. The Morgan fingerprint density at radius 1 is 1.30 bits per heavy atom. The number of thiophene rings is 1. The van der Waals surface area contributed by atoms with E-state index in [1.807, 2.05) is 42.6 Å². The van der Waals surface area contributed by atoms with Crippen molar-refractivity contribution in [3.05, 3.63) is 52.2 Å². The molecule has 0 bridgehead atoms. The van der Waals surface area contributed by atoms with Gasteiger partial charge in [-0.25, -0.2) is 0 Å². The fourth-order valence-electron chi connectivity index (χ4n) is 2.24. The van der Waals surface area contributed by atoms with Crippen molar-refractivity contribution in [2.45, 2.75) is 19.9 Å². The molecular weight excluding hydrogens is 310 g/mol. The van der Waals surface area contributed by atoms with E-state index in [4.69, 9.17) is 0 Å². The summed E-state index contributed by atoms with van der Waals surface area (Å²) in [6, 6.07) is 11.8. The summed E-state index contributed by atoms with van der Waals surface area (Å²) in [5.41, 5.74) is 1.92. The molecule has 3 rings (SSSR count). The van der Waals surface area contributed by atoms with Crippen molar-refractivity contribution >= 4 is 17.2 Å². The van der Waals surface area contributed by atoms with Crippen molar-refractivity contribution < 1.29 is 4.79 Å². The van der Waals surface area contributed by atoms with Gasteiger partial charge in [-0.1, -0.05) is 37.3 Å². The molecule has 0 fully saturated rings. The molecule has 0 aliphatic carbocycles. The van der Waals surface area contributed by atoms with Gasteiger partial charge in [-0.3, -0.25) is 4.79 Å². The van der Waals surface area contributed by atoms with Gasteiger partial charge in [0.1, 0.15) is 0 Å². The van der Waals surface area contributed by atoms with Gasteiger partial charge >= 0.3 is 0 Å². The van der Waals surface area contributed by atoms with Crippen molar-refractivity contribution in [1.82, 2.24) is 25.9 Å².